The number of para-hydroxylation sites is 1. The van der Waals surface area contributed by atoms with Crippen LogP contribution in [-0.2, 0) is 6.42 Å². The summed E-state index contributed by atoms with van der Waals surface area (Å²) in [6, 6.07) is 17.3. The molecule has 7 nitrogen and oxygen atoms in total. The number of aryl methyl sites for hydroxylation is 1. The molecule has 156 valence electrons. The van der Waals surface area contributed by atoms with Gasteiger partial charge in [-0.3, -0.25) is 15.2 Å². The number of benzene rings is 1. The van der Waals surface area contributed by atoms with Crippen LogP contribution in [0.1, 0.15) is 34.2 Å². The van der Waals surface area contributed by atoms with Crippen LogP contribution in [0.5, 0.6) is 0 Å². The molecular weight excluding hydrogens is 388 g/mol. The van der Waals surface area contributed by atoms with Gasteiger partial charge < -0.3 is 10.3 Å². The Morgan fingerprint density at radius 1 is 1.06 bits per heavy atom. The predicted molar refractivity (Wildman–Crippen MR) is 123 cm³/mol. The largest absolute Gasteiger partial charge is 0.358 e. The molecule has 3 aromatic heterocycles. The number of hydrazone groups is 1. The van der Waals surface area contributed by atoms with E-state index in [1.165, 1.54) is 10.9 Å². The van der Waals surface area contributed by atoms with E-state index in [0.29, 0.717) is 17.9 Å². The molecule has 0 aliphatic rings. The van der Waals surface area contributed by atoms with E-state index in [0.717, 1.165) is 29.0 Å². The molecule has 0 aliphatic heterocycles. The third kappa shape index (κ3) is 4.78. The number of rotatable bonds is 7. The maximum atomic E-state index is 12.5. The maximum absolute atomic E-state index is 12.5. The molecule has 1 aromatic carbocycles. The highest BCUT2D eigenvalue weighted by atomic mass is 16.1. The lowest BCUT2D eigenvalue weighted by molar-refractivity contribution is 0.0954. The number of aromatic nitrogens is 3. The van der Waals surface area contributed by atoms with Gasteiger partial charge in [0.15, 0.2) is 0 Å². The molecule has 31 heavy (non-hydrogen) atoms. The van der Waals surface area contributed by atoms with Crippen LogP contribution in [0.3, 0.4) is 0 Å². The fraction of sp³-hybridized carbons (Fsp3) is 0.167. The van der Waals surface area contributed by atoms with Crippen molar-refractivity contribution in [2.45, 2.75) is 20.3 Å². The summed E-state index contributed by atoms with van der Waals surface area (Å²) in [5.74, 6) is 0.408. The number of carbonyl (C=O) groups excluding carboxylic acids is 1. The average Bonchev–Trinajstić information content (AvgIpc) is 3.13. The van der Waals surface area contributed by atoms with Gasteiger partial charge in [0.25, 0.3) is 5.91 Å². The third-order valence-electron chi connectivity index (χ3n) is 5.09. The van der Waals surface area contributed by atoms with Crippen molar-refractivity contribution in [3.05, 3.63) is 89.5 Å². The van der Waals surface area contributed by atoms with Crippen molar-refractivity contribution in [1.82, 2.24) is 20.3 Å². The first-order valence-corrected chi connectivity index (χ1v) is 10.1. The van der Waals surface area contributed by atoms with Gasteiger partial charge in [0, 0.05) is 35.5 Å². The minimum Gasteiger partial charge on any atom is -0.358 e. The van der Waals surface area contributed by atoms with E-state index in [1.807, 2.05) is 37.3 Å². The van der Waals surface area contributed by atoms with Crippen molar-refractivity contribution in [1.29, 1.82) is 0 Å². The Morgan fingerprint density at radius 3 is 2.68 bits per heavy atom. The van der Waals surface area contributed by atoms with E-state index in [9.17, 15) is 4.79 Å². The number of carbonyl (C=O) groups is 1. The van der Waals surface area contributed by atoms with Gasteiger partial charge in [-0.25, -0.2) is 4.98 Å². The molecular formula is C24H24N6O. The molecule has 1 amide bonds. The number of hydrogen-bond donors (Lipinski definition) is 3. The molecule has 7 heteroatoms. The van der Waals surface area contributed by atoms with Crippen molar-refractivity contribution in [2.24, 2.45) is 5.10 Å². The molecule has 3 heterocycles. The third-order valence-corrected chi connectivity index (χ3v) is 5.09. The van der Waals surface area contributed by atoms with E-state index < -0.39 is 0 Å². The number of nitrogens with zero attached hydrogens (tertiary/aromatic N) is 3. The summed E-state index contributed by atoms with van der Waals surface area (Å²) in [6.45, 7) is 4.48. The maximum Gasteiger partial charge on any atom is 0.252 e. The highest BCUT2D eigenvalue weighted by molar-refractivity contribution is 5.97. The van der Waals surface area contributed by atoms with Crippen molar-refractivity contribution in [3.63, 3.8) is 0 Å². The molecule has 0 spiro atoms. The molecule has 3 N–H and O–H groups in total. The highest BCUT2D eigenvalue weighted by Crippen LogP contribution is 2.21. The zero-order chi connectivity index (χ0) is 21.6. The molecule has 0 bridgehead atoms. The van der Waals surface area contributed by atoms with Gasteiger partial charge in [0.1, 0.15) is 5.82 Å². The first-order valence-electron chi connectivity index (χ1n) is 10.1. The molecule has 0 atom stereocenters. The lowest BCUT2D eigenvalue weighted by Gasteiger charge is -2.07. The van der Waals surface area contributed by atoms with Crippen molar-refractivity contribution < 1.29 is 4.79 Å². The van der Waals surface area contributed by atoms with Gasteiger partial charge in [-0.05, 0) is 56.2 Å². The molecule has 0 saturated carbocycles. The minimum atomic E-state index is -0.148. The van der Waals surface area contributed by atoms with Gasteiger partial charge in [-0.1, -0.05) is 24.3 Å². The van der Waals surface area contributed by atoms with Crippen LogP contribution < -0.4 is 10.7 Å². The van der Waals surface area contributed by atoms with Crippen LogP contribution in [0.4, 0.5) is 5.82 Å². The molecule has 0 aliphatic carbocycles. The van der Waals surface area contributed by atoms with Gasteiger partial charge >= 0.3 is 0 Å². The fourth-order valence-electron chi connectivity index (χ4n) is 3.43. The van der Waals surface area contributed by atoms with Gasteiger partial charge in [-0.2, -0.15) is 5.10 Å². The number of anilines is 1. The second-order valence-corrected chi connectivity index (χ2v) is 7.24. The number of pyridine rings is 2. The lowest BCUT2D eigenvalue weighted by atomic mass is 10.1. The van der Waals surface area contributed by atoms with E-state index in [2.05, 4.69) is 49.9 Å². The first-order chi connectivity index (χ1) is 15.1. The Bertz CT molecular complexity index is 1210. The van der Waals surface area contributed by atoms with Crippen LogP contribution >= 0.6 is 0 Å². The summed E-state index contributed by atoms with van der Waals surface area (Å²) in [5, 5.41) is 8.46. The van der Waals surface area contributed by atoms with E-state index in [-0.39, 0.29) is 5.91 Å². The molecule has 4 aromatic rings. The number of fused-ring (bicyclic) bond motifs is 1. The lowest BCUT2D eigenvalue weighted by Crippen LogP contribution is -2.25. The summed E-state index contributed by atoms with van der Waals surface area (Å²) in [5.41, 5.74) is 8.42. The van der Waals surface area contributed by atoms with Crippen LogP contribution in [0.2, 0.25) is 0 Å². The molecule has 0 radical (unpaired) electrons. The SMILES string of the molecule is C/C(=N\Nc1ccc(C(=O)NCCc2c(C)[nH]c3ccccc23)cn1)c1ccccn1. The summed E-state index contributed by atoms with van der Waals surface area (Å²) < 4.78 is 0. The van der Waals surface area contributed by atoms with Crippen LogP contribution in [-0.4, -0.2) is 33.1 Å². The predicted octanol–water partition coefficient (Wildman–Crippen LogP) is 4.07. The minimum absolute atomic E-state index is 0.148. The fourth-order valence-corrected chi connectivity index (χ4v) is 3.43. The van der Waals surface area contributed by atoms with Gasteiger partial charge in [-0.15, -0.1) is 0 Å². The van der Waals surface area contributed by atoms with E-state index >= 15 is 0 Å². The van der Waals surface area contributed by atoms with Gasteiger partial charge in [0.2, 0.25) is 0 Å². The van der Waals surface area contributed by atoms with Crippen molar-refractivity contribution >= 4 is 28.3 Å². The smallest absolute Gasteiger partial charge is 0.252 e. The van der Waals surface area contributed by atoms with Gasteiger partial charge in [0.05, 0.1) is 17.0 Å². The summed E-state index contributed by atoms with van der Waals surface area (Å²) >= 11 is 0. The first kappa shape index (κ1) is 20.3. The summed E-state index contributed by atoms with van der Waals surface area (Å²) in [4.78, 5) is 24.4. The number of amides is 1. The zero-order valence-corrected chi connectivity index (χ0v) is 17.5. The summed E-state index contributed by atoms with van der Waals surface area (Å²) in [7, 11) is 0. The van der Waals surface area contributed by atoms with E-state index in [4.69, 9.17) is 0 Å². The zero-order valence-electron chi connectivity index (χ0n) is 17.5. The molecule has 0 unspecified atom stereocenters. The van der Waals surface area contributed by atoms with Crippen molar-refractivity contribution in [2.75, 3.05) is 12.0 Å². The van der Waals surface area contributed by atoms with Crippen molar-refractivity contribution in [3.8, 4) is 0 Å². The second kappa shape index (κ2) is 9.21. The average molecular weight is 412 g/mol. The standard InChI is InChI=1S/C24H24N6O/c1-16-19(20-7-3-4-9-22(20)28-16)12-14-26-24(31)18-10-11-23(27-15-18)30-29-17(2)21-8-5-6-13-25-21/h3-11,13,15,28H,12,14H2,1-2H3,(H,26,31)(H,27,30)/b29-17+. The van der Waals surface area contributed by atoms with Crippen LogP contribution in [0, 0.1) is 6.92 Å². The monoisotopic (exact) mass is 412 g/mol. The Labute approximate surface area is 180 Å². The molecule has 0 saturated heterocycles. The Balaban J connectivity index is 1.32. The number of hydrogen-bond acceptors (Lipinski definition) is 5. The molecule has 4 rings (SSSR count). The normalized spacial score (nSPS) is 11.5. The highest BCUT2D eigenvalue weighted by Gasteiger charge is 2.10. The van der Waals surface area contributed by atoms with E-state index in [1.54, 1.807) is 24.5 Å². The quantitative estimate of drug-likeness (QED) is 0.315. The molecule has 0 fully saturated rings. The van der Waals surface area contributed by atoms with Crippen LogP contribution in [0.25, 0.3) is 10.9 Å². The topological polar surface area (TPSA) is 95.1 Å². The number of nitrogens with one attached hydrogen (secondary N) is 3. The Morgan fingerprint density at radius 2 is 1.90 bits per heavy atom. The number of H-pyrrole nitrogens is 1. The second-order valence-electron chi connectivity index (χ2n) is 7.24. The number of aromatic amines is 1. The van der Waals surface area contributed by atoms with Crippen LogP contribution in [0.15, 0.2) is 72.1 Å². The Hall–Kier alpha value is -4.00. The Kier molecular flexibility index (Phi) is 6.03. The summed E-state index contributed by atoms with van der Waals surface area (Å²) in [6.07, 6.45) is 4.02.